The van der Waals surface area contributed by atoms with E-state index in [0.29, 0.717) is 6.42 Å². The van der Waals surface area contributed by atoms with Crippen LogP contribution in [0.2, 0.25) is 0 Å². The highest BCUT2D eigenvalue weighted by Gasteiger charge is 2.33. The third-order valence-electron chi connectivity index (χ3n) is 3.34. The first-order chi connectivity index (χ1) is 8.39. The molecule has 1 saturated heterocycles. The molecule has 0 bridgehead atoms. The van der Waals surface area contributed by atoms with E-state index in [1.165, 1.54) is 12.1 Å². The van der Waals surface area contributed by atoms with E-state index in [1.54, 1.807) is 0 Å². The van der Waals surface area contributed by atoms with Gasteiger partial charge in [-0.3, -0.25) is 4.79 Å². The third kappa shape index (κ3) is 2.56. The molecule has 18 heavy (non-hydrogen) atoms. The minimum atomic E-state index is -4.41. The highest BCUT2D eigenvalue weighted by Crippen LogP contribution is 2.30. The monoisotopic (exact) mass is 257 g/mol. The molecule has 2 nitrogen and oxygen atoms in total. The maximum absolute atomic E-state index is 12.6. The molecule has 1 aliphatic heterocycles. The van der Waals surface area contributed by atoms with Crippen molar-refractivity contribution in [3.05, 3.63) is 35.4 Å². The molecule has 1 N–H and O–H groups in total. The van der Waals surface area contributed by atoms with Gasteiger partial charge in [-0.15, -0.1) is 0 Å². The Labute approximate surface area is 103 Å². The van der Waals surface area contributed by atoms with Crippen molar-refractivity contribution in [1.29, 1.82) is 0 Å². The van der Waals surface area contributed by atoms with Gasteiger partial charge in [0.25, 0.3) is 0 Å². The van der Waals surface area contributed by atoms with Crippen molar-refractivity contribution in [2.75, 3.05) is 6.54 Å². The number of benzene rings is 1. The van der Waals surface area contributed by atoms with Gasteiger partial charge in [0.1, 0.15) is 0 Å². The van der Waals surface area contributed by atoms with E-state index in [1.807, 2.05) is 6.92 Å². The van der Waals surface area contributed by atoms with Crippen LogP contribution < -0.4 is 5.32 Å². The van der Waals surface area contributed by atoms with Crippen LogP contribution in [0.5, 0.6) is 0 Å². The largest absolute Gasteiger partial charge is 0.416 e. The first kappa shape index (κ1) is 13.1. The zero-order valence-corrected chi connectivity index (χ0v) is 9.92. The molecule has 0 spiro atoms. The molecule has 1 fully saturated rings. The summed E-state index contributed by atoms with van der Waals surface area (Å²) in [6.07, 6.45) is -3.73. The van der Waals surface area contributed by atoms with Gasteiger partial charge in [-0.2, -0.15) is 13.2 Å². The van der Waals surface area contributed by atoms with Gasteiger partial charge in [0.05, 0.1) is 5.56 Å². The number of Topliss-reactive ketones (excluding diaryl/α,β-unsaturated/α-hetero) is 1. The highest BCUT2D eigenvalue weighted by atomic mass is 19.4. The SMILES string of the molecule is CC1NCCC1C(=O)c1cccc(C(F)(F)F)c1. The first-order valence-electron chi connectivity index (χ1n) is 5.84. The van der Waals surface area contributed by atoms with Gasteiger partial charge >= 0.3 is 6.18 Å². The maximum atomic E-state index is 12.6. The maximum Gasteiger partial charge on any atom is 0.416 e. The Kier molecular flexibility index (Phi) is 3.43. The lowest BCUT2D eigenvalue weighted by Crippen LogP contribution is -2.28. The molecule has 0 radical (unpaired) electrons. The van der Waals surface area contributed by atoms with E-state index < -0.39 is 11.7 Å². The summed E-state index contributed by atoms with van der Waals surface area (Å²) in [5.74, 6) is -0.438. The Morgan fingerprint density at radius 3 is 2.67 bits per heavy atom. The lowest BCUT2D eigenvalue weighted by molar-refractivity contribution is -0.137. The molecule has 1 aromatic rings. The Hall–Kier alpha value is -1.36. The number of nitrogens with one attached hydrogen (secondary N) is 1. The summed E-state index contributed by atoms with van der Waals surface area (Å²) in [7, 11) is 0. The number of halogens is 3. The van der Waals surface area contributed by atoms with Crippen LogP contribution in [0.15, 0.2) is 24.3 Å². The van der Waals surface area contributed by atoms with Crippen molar-refractivity contribution in [3.63, 3.8) is 0 Å². The normalized spacial score (nSPS) is 24.2. The molecule has 0 aliphatic carbocycles. The van der Waals surface area contributed by atoms with Gasteiger partial charge in [0.2, 0.25) is 0 Å². The van der Waals surface area contributed by atoms with E-state index in [9.17, 15) is 18.0 Å². The second kappa shape index (κ2) is 4.72. The first-order valence-corrected chi connectivity index (χ1v) is 5.84. The zero-order chi connectivity index (χ0) is 13.3. The van der Waals surface area contributed by atoms with E-state index in [0.717, 1.165) is 18.7 Å². The predicted molar refractivity (Wildman–Crippen MR) is 61.3 cm³/mol. The van der Waals surface area contributed by atoms with Gasteiger partial charge in [-0.05, 0) is 32.0 Å². The number of ketones is 1. The van der Waals surface area contributed by atoms with Crippen molar-refractivity contribution in [1.82, 2.24) is 5.32 Å². The number of carbonyl (C=O) groups is 1. The Bertz CT molecular complexity index is 456. The van der Waals surface area contributed by atoms with Crippen molar-refractivity contribution in [3.8, 4) is 0 Å². The van der Waals surface area contributed by atoms with Gasteiger partial charge in [0, 0.05) is 17.5 Å². The van der Waals surface area contributed by atoms with E-state index in [-0.39, 0.29) is 23.3 Å². The van der Waals surface area contributed by atoms with Crippen molar-refractivity contribution >= 4 is 5.78 Å². The average molecular weight is 257 g/mol. The van der Waals surface area contributed by atoms with Crippen LogP contribution >= 0.6 is 0 Å². The smallest absolute Gasteiger partial charge is 0.313 e. The lowest BCUT2D eigenvalue weighted by Gasteiger charge is -2.14. The van der Waals surface area contributed by atoms with Crippen molar-refractivity contribution in [2.24, 2.45) is 5.92 Å². The van der Waals surface area contributed by atoms with Crippen LogP contribution in [-0.2, 0) is 6.18 Å². The van der Waals surface area contributed by atoms with Gasteiger partial charge in [-0.25, -0.2) is 0 Å². The average Bonchev–Trinajstić information content (AvgIpc) is 2.73. The molecular weight excluding hydrogens is 243 g/mol. The van der Waals surface area contributed by atoms with E-state index in [4.69, 9.17) is 0 Å². The highest BCUT2D eigenvalue weighted by molar-refractivity contribution is 5.98. The second-order valence-corrected chi connectivity index (χ2v) is 4.58. The lowest BCUT2D eigenvalue weighted by atomic mass is 9.91. The van der Waals surface area contributed by atoms with Crippen LogP contribution in [0, 0.1) is 5.92 Å². The molecule has 2 rings (SSSR count). The topological polar surface area (TPSA) is 29.1 Å². The molecule has 0 aromatic heterocycles. The van der Waals surface area contributed by atoms with E-state index in [2.05, 4.69) is 5.32 Å². The Morgan fingerprint density at radius 2 is 2.11 bits per heavy atom. The summed E-state index contributed by atoms with van der Waals surface area (Å²) >= 11 is 0. The summed E-state index contributed by atoms with van der Waals surface area (Å²) < 4.78 is 37.7. The van der Waals surface area contributed by atoms with Crippen LogP contribution in [0.4, 0.5) is 13.2 Å². The fourth-order valence-electron chi connectivity index (χ4n) is 2.28. The summed E-state index contributed by atoms with van der Waals surface area (Å²) in [6, 6.07) is 4.67. The molecule has 0 amide bonds. The summed E-state index contributed by atoms with van der Waals surface area (Å²) in [4.78, 5) is 12.1. The fourth-order valence-corrected chi connectivity index (χ4v) is 2.28. The fraction of sp³-hybridized carbons (Fsp3) is 0.462. The molecule has 2 unspecified atom stereocenters. The van der Waals surface area contributed by atoms with E-state index >= 15 is 0 Å². The quantitative estimate of drug-likeness (QED) is 0.825. The van der Waals surface area contributed by atoms with Crippen LogP contribution in [0.25, 0.3) is 0 Å². The molecule has 1 heterocycles. The molecule has 1 aromatic carbocycles. The Balaban J connectivity index is 2.26. The summed E-state index contributed by atoms with van der Waals surface area (Å²) in [6.45, 7) is 2.61. The number of rotatable bonds is 2. The van der Waals surface area contributed by atoms with Gasteiger partial charge in [0.15, 0.2) is 5.78 Å². The standard InChI is InChI=1S/C13H14F3NO/c1-8-11(5-6-17-8)12(18)9-3-2-4-10(7-9)13(14,15)16/h2-4,7-8,11,17H,5-6H2,1H3. The van der Waals surface area contributed by atoms with Crippen molar-refractivity contribution in [2.45, 2.75) is 25.6 Å². The summed E-state index contributed by atoms with van der Waals surface area (Å²) in [5, 5.41) is 3.12. The predicted octanol–water partition coefficient (Wildman–Crippen LogP) is 2.89. The Morgan fingerprint density at radius 1 is 1.39 bits per heavy atom. The zero-order valence-electron chi connectivity index (χ0n) is 9.92. The summed E-state index contributed by atoms with van der Waals surface area (Å²) in [5.41, 5.74) is -0.627. The number of carbonyl (C=O) groups excluding carboxylic acids is 1. The van der Waals surface area contributed by atoms with Crippen LogP contribution in [0.1, 0.15) is 29.3 Å². The molecular formula is C13H14F3NO. The molecule has 5 heteroatoms. The van der Waals surface area contributed by atoms with Gasteiger partial charge in [-0.1, -0.05) is 12.1 Å². The van der Waals surface area contributed by atoms with Crippen LogP contribution in [0.3, 0.4) is 0 Å². The van der Waals surface area contributed by atoms with Crippen LogP contribution in [-0.4, -0.2) is 18.4 Å². The number of alkyl halides is 3. The van der Waals surface area contributed by atoms with Crippen molar-refractivity contribution < 1.29 is 18.0 Å². The third-order valence-corrected chi connectivity index (χ3v) is 3.34. The second-order valence-electron chi connectivity index (χ2n) is 4.58. The molecule has 98 valence electrons. The number of hydrogen-bond acceptors (Lipinski definition) is 2. The minimum Gasteiger partial charge on any atom is -0.313 e. The number of hydrogen-bond donors (Lipinski definition) is 1. The molecule has 1 aliphatic rings. The molecule has 0 saturated carbocycles. The molecule has 2 atom stereocenters. The minimum absolute atomic E-state index is 0.0204. The van der Waals surface area contributed by atoms with Gasteiger partial charge < -0.3 is 5.32 Å².